The summed E-state index contributed by atoms with van der Waals surface area (Å²) >= 11 is 0. The van der Waals surface area contributed by atoms with E-state index in [9.17, 15) is 0 Å². The van der Waals surface area contributed by atoms with Gasteiger partial charge in [-0.05, 0) is 65.0 Å². The first-order valence-corrected chi connectivity index (χ1v) is 9.63. The predicted octanol–water partition coefficient (Wildman–Crippen LogP) is 7.77. The maximum atomic E-state index is 2.37. The Balaban J connectivity index is 1.83. The van der Waals surface area contributed by atoms with E-state index in [0.29, 0.717) is 0 Å². The summed E-state index contributed by atoms with van der Waals surface area (Å²) in [5, 5.41) is 5.05. The SMILES string of the molecule is Cc1ccccc1N(c1ccccc1)c1cccc2cc3ccccc3cc12. The average molecular weight is 359 g/mol. The number of hydrogen-bond donors (Lipinski definition) is 0. The first kappa shape index (κ1) is 16.6. The standard InChI is InChI=1S/C27H21N/c1-20-10-5-8-16-26(20)28(24-14-3-2-4-15-24)27-17-9-13-23-18-21-11-6-7-12-22(21)19-25(23)27/h2-19H,1H3. The van der Waals surface area contributed by atoms with Gasteiger partial charge in [0, 0.05) is 16.8 Å². The van der Waals surface area contributed by atoms with E-state index in [2.05, 4.69) is 121 Å². The van der Waals surface area contributed by atoms with Crippen LogP contribution in [0.4, 0.5) is 17.1 Å². The number of aryl methyl sites for hydroxylation is 1. The molecule has 0 fully saturated rings. The molecule has 0 aliphatic heterocycles. The Labute approximate surface area is 165 Å². The van der Waals surface area contributed by atoms with E-state index in [-0.39, 0.29) is 0 Å². The minimum absolute atomic E-state index is 1.16. The Kier molecular flexibility index (Phi) is 4.06. The van der Waals surface area contributed by atoms with Crippen LogP contribution in [0.25, 0.3) is 21.5 Å². The zero-order valence-corrected chi connectivity index (χ0v) is 15.8. The summed E-state index contributed by atoms with van der Waals surface area (Å²) in [6.07, 6.45) is 0. The Morgan fingerprint density at radius 2 is 1.11 bits per heavy atom. The number of anilines is 3. The number of nitrogens with zero attached hydrogens (tertiary/aromatic N) is 1. The van der Waals surface area contributed by atoms with E-state index in [1.807, 2.05) is 0 Å². The monoisotopic (exact) mass is 359 g/mol. The van der Waals surface area contributed by atoms with Gasteiger partial charge in [0.15, 0.2) is 0 Å². The maximum Gasteiger partial charge on any atom is 0.0540 e. The minimum Gasteiger partial charge on any atom is -0.310 e. The largest absolute Gasteiger partial charge is 0.310 e. The fraction of sp³-hybridized carbons (Fsp3) is 0.0370. The van der Waals surface area contributed by atoms with Gasteiger partial charge in [-0.25, -0.2) is 0 Å². The molecule has 0 aromatic heterocycles. The predicted molar refractivity (Wildman–Crippen MR) is 121 cm³/mol. The van der Waals surface area contributed by atoms with Crippen LogP contribution < -0.4 is 4.90 Å². The lowest BCUT2D eigenvalue weighted by Gasteiger charge is -2.28. The van der Waals surface area contributed by atoms with Gasteiger partial charge in [0.1, 0.15) is 0 Å². The highest BCUT2D eigenvalue weighted by molar-refractivity contribution is 6.06. The Bertz CT molecular complexity index is 1270. The second kappa shape index (κ2) is 6.86. The molecule has 5 aromatic rings. The fourth-order valence-corrected chi connectivity index (χ4v) is 3.94. The molecule has 0 bridgehead atoms. The van der Waals surface area contributed by atoms with E-state index in [0.717, 1.165) is 5.69 Å². The second-order valence-corrected chi connectivity index (χ2v) is 7.16. The minimum atomic E-state index is 1.16. The normalized spacial score (nSPS) is 11.0. The molecular weight excluding hydrogens is 338 g/mol. The topological polar surface area (TPSA) is 3.24 Å². The molecule has 1 heteroatoms. The van der Waals surface area contributed by atoms with Gasteiger partial charge < -0.3 is 4.90 Å². The highest BCUT2D eigenvalue weighted by atomic mass is 15.1. The molecule has 0 saturated carbocycles. The van der Waals surface area contributed by atoms with E-state index in [4.69, 9.17) is 0 Å². The van der Waals surface area contributed by atoms with E-state index in [1.165, 1.54) is 38.5 Å². The number of para-hydroxylation sites is 2. The highest BCUT2D eigenvalue weighted by Crippen LogP contribution is 2.40. The number of fused-ring (bicyclic) bond motifs is 2. The van der Waals surface area contributed by atoms with Crippen LogP contribution in [0.1, 0.15) is 5.56 Å². The molecule has 0 heterocycles. The third-order valence-corrected chi connectivity index (χ3v) is 5.34. The van der Waals surface area contributed by atoms with Gasteiger partial charge >= 0.3 is 0 Å². The Morgan fingerprint density at radius 1 is 0.500 bits per heavy atom. The molecule has 0 atom stereocenters. The Morgan fingerprint density at radius 3 is 1.89 bits per heavy atom. The summed E-state index contributed by atoms with van der Waals surface area (Å²) in [6, 6.07) is 38.9. The van der Waals surface area contributed by atoms with Crippen LogP contribution in [-0.4, -0.2) is 0 Å². The molecule has 0 amide bonds. The summed E-state index contributed by atoms with van der Waals surface area (Å²) in [5.41, 5.74) is 4.82. The van der Waals surface area contributed by atoms with Crippen molar-refractivity contribution >= 4 is 38.6 Å². The van der Waals surface area contributed by atoms with Gasteiger partial charge in [-0.1, -0.05) is 72.8 Å². The van der Waals surface area contributed by atoms with E-state index < -0.39 is 0 Å². The van der Waals surface area contributed by atoms with Crippen molar-refractivity contribution in [2.45, 2.75) is 6.92 Å². The van der Waals surface area contributed by atoms with Crippen LogP contribution in [0.15, 0.2) is 109 Å². The molecule has 0 saturated heterocycles. The maximum absolute atomic E-state index is 2.37. The number of rotatable bonds is 3. The quantitative estimate of drug-likeness (QED) is 0.297. The lowest BCUT2D eigenvalue weighted by Crippen LogP contribution is -2.11. The molecule has 0 aliphatic rings. The molecule has 0 N–H and O–H groups in total. The summed E-state index contributed by atoms with van der Waals surface area (Å²) in [6.45, 7) is 2.17. The first-order valence-electron chi connectivity index (χ1n) is 9.63. The van der Waals surface area contributed by atoms with Crippen LogP contribution >= 0.6 is 0 Å². The number of benzene rings is 5. The summed E-state index contributed by atoms with van der Waals surface area (Å²) in [5.74, 6) is 0. The van der Waals surface area contributed by atoms with Crippen molar-refractivity contribution in [3.8, 4) is 0 Å². The fourth-order valence-electron chi connectivity index (χ4n) is 3.94. The van der Waals surface area contributed by atoms with Gasteiger partial charge in [-0.3, -0.25) is 0 Å². The van der Waals surface area contributed by atoms with Crippen LogP contribution in [-0.2, 0) is 0 Å². The lowest BCUT2D eigenvalue weighted by molar-refractivity contribution is 1.26. The van der Waals surface area contributed by atoms with Gasteiger partial charge in [0.25, 0.3) is 0 Å². The third kappa shape index (κ3) is 2.82. The lowest BCUT2D eigenvalue weighted by atomic mass is 10.0. The summed E-state index contributed by atoms with van der Waals surface area (Å²) in [4.78, 5) is 2.37. The average Bonchev–Trinajstić information content (AvgIpc) is 2.75. The molecule has 5 aromatic carbocycles. The molecular formula is C27H21N. The van der Waals surface area contributed by atoms with Crippen molar-refractivity contribution in [3.63, 3.8) is 0 Å². The molecule has 0 unspecified atom stereocenters. The zero-order valence-electron chi connectivity index (χ0n) is 15.8. The first-order chi connectivity index (χ1) is 13.8. The van der Waals surface area contributed by atoms with Crippen LogP contribution in [0.2, 0.25) is 0 Å². The summed E-state index contributed by atoms with van der Waals surface area (Å²) < 4.78 is 0. The van der Waals surface area contributed by atoms with Crippen molar-refractivity contribution in [2.24, 2.45) is 0 Å². The molecule has 28 heavy (non-hydrogen) atoms. The van der Waals surface area contributed by atoms with Crippen LogP contribution in [0.3, 0.4) is 0 Å². The van der Waals surface area contributed by atoms with E-state index >= 15 is 0 Å². The van der Waals surface area contributed by atoms with Crippen molar-refractivity contribution in [2.75, 3.05) is 4.90 Å². The van der Waals surface area contributed by atoms with Gasteiger partial charge in [0.2, 0.25) is 0 Å². The second-order valence-electron chi connectivity index (χ2n) is 7.16. The van der Waals surface area contributed by atoms with Gasteiger partial charge in [-0.15, -0.1) is 0 Å². The third-order valence-electron chi connectivity index (χ3n) is 5.34. The summed E-state index contributed by atoms with van der Waals surface area (Å²) in [7, 11) is 0. The van der Waals surface area contributed by atoms with Gasteiger partial charge in [0.05, 0.1) is 5.69 Å². The molecule has 134 valence electrons. The molecule has 0 aliphatic carbocycles. The highest BCUT2D eigenvalue weighted by Gasteiger charge is 2.16. The van der Waals surface area contributed by atoms with Crippen molar-refractivity contribution < 1.29 is 0 Å². The molecule has 0 spiro atoms. The molecule has 5 rings (SSSR count). The zero-order chi connectivity index (χ0) is 18.9. The van der Waals surface area contributed by atoms with Crippen LogP contribution in [0.5, 0.6) is 0 Å². The number of hydrogen-bond acceptors (Lipinski definition) is 1. The van der Waals surface area contributed by atoms with Crippen molar-refractivity contribution in [1.29, 1.82) is 0 Å². The van der Waals surface area contributed by atoms with Crippen molar-refractivity contribution in [1.82, 2.24) is 0 Å². The molecule has 1 nitrogen and oxygen atoms in total. The van der Waals surface area contributed by atoms with E-state index in [1.54, 1.807) is 0 Å². The van der Waals surface area contributed by atoms with Crippen molar-refractivity contribution in [3.05, 3.63) is 115 Å². The van der Waals surface area contributed by atoms with Crippen LogP contribution in [0, 0.1) is 6.92 Å². The smallest absolute Gasteiger partial charge is 0.0540 e. The molecule has 0 radical (unpaired) electrons. The Hall–Kier alpha value is -3.58. The van der Waals surface area contributed by atoms with Gasteiger partial charge in [-0.2, -0.15) is 0 Å².